The van der Waals surface area contributed by atoms with Crippen LogP contribution in [0.4, 0.5) is 5.82 Å². The maximum Gasteiger partial charge on any atom is 0.156 e. The third kappa shape index (κ3) is 2.15. The molecule has 0 unspecified atom stereocenters. The summed E-state index contributed by atoms with van der Waals surface area (Å²) in [5, 5.41) is 3.48. The Bertz CT molecular complexity index is 404. The molecule has 5 nitrogen and oxygen atoms in total. The molecule has 2 rings (SSSR count). The Kier molecular flexibility index (Phi) is 3.36. The first-order valence-corrected chi connectivity index (χ1v) is 5.55. The van der Waals surface area contributed by atoms with Gasteiger partial charge in [-0.1, -0.05) is 11.6 Å². The van der Waals surface area contributed by atoms with Crippen LogP contribution in [0.2, 0.25) is 5.15 Å². The zero-order valence-electron chi connectivity index (χ0n) is 9.03. The van der Waals surface area contributed by atoms with Crippen LogP contribution in [0.3, 0.4) is 0 Å². The third-order valence-corrected chi connectivity index (χ3v) is 2.81. The Morgan fingerprint density at radius 3 is 2.69 bits per heavy atom. The summed E-state index contributed by atoms with van der Waals surface area (Å²) >= 11 is 5.93. The average Bonchev–Trinajstić information content (AvgIpc) is 2.29. The number of piperazine rings is 1. The number of nitrogens with one attached hydrogen (secondary N) is 1. The number of halogens is 1. The standard InChI is InChI=1S/C10H13ClN4O/c1-7-13-9(11)8(6-16)10(14-7)15-4-2-12-3-5-15/h6,12H,2-5H2,1H3. The summed E-state index contributed by atoms with van der Waals surface area (Å²) in [4.78, 5) is 21.3. The minimum absolute atomic E-state index is 0.232. The van der Waals surface area contributed by atoms with E-state index in [2.05, 4.69) is 20.2 Å². The molecule has 1 N–H and O–H groups in total. The van der Waals surface area contributed by atoms with Gasteiger partial charge in [0.05, 0.1) is 5.56 Å². The van der Waals surface area contributed by atoms with Gasteiger partial charge in [0.25, 0.3) is 0 Å². The van der Waals surface area contributed by atoms with E-state index in [0.717, 1.165) is 32.5 Å². The minimum Gasteiger partial charge on any atom is -0.353 e. The molecule has 1 aromatic rings. The predicted octanol–water partition coefficient (Wildman–Crippen LogP) is 0.661. The monoisotopic (exact) mass is 240 g/mol. The molecule has 0 spiro atoms. The maximum atomic E-state index is 11.0. The van der Waals surface area contributed by atoms with Crippen molar-refractivity contribution in [1.82, 2.24) is 15.3 Å². The Labute approximate surface area is 98.8 Å². The number of hydrogen-bond acceptors (Lipinski definition) is 5. The molecular weight excluding hydrogens is 228 g/mol. The lowest BCUT2D eigenvalue weighted by molar-refractivity contribution is 0.112. The number of hydrogen-bond donors (Lipinski definition) is 1. The van der Waals surface area contributed by atoms with E-state index in [1.807, 2.05) is 0 Å². The van der Waals surface area contributed by atoms with Crippen molar-refractivity contribution in [1.29, 1.82) is 0 Å². The number of aryl methyl sites for hydroxylation is 1. The molecule has 0 amide bonds. The summed E-state index contributed by atoms with van der Waals surface area (Å²) in [6.07, 6.45) is 0.721. The smallest absolute Gasteiger partial charge is 0.156 e. The van der Waals surface area contributed by atoms with E-state index in [4.69, 9.17) is 11.6 Å². The molecule has 1 aliphatic heterocycles. The van der Waals surface area contributed by atoms with Crippen LogP contribution in [0.25, 0.3) is 0 Å². The van der Waals surface area contributed by atoms with Gasteiger partial charge >= 0.3 is 0 Å². The SMILES string of the molecule is Cc1nc(Cl)c(C=O)c(N2CCNCC2)n1. The lowest BCUT2D eigenvalue weighted by Gasteiger charge is -2.29. The quantitative estimate of drug-likeness (QED) is 0.608. The zero-order valence-corrected chi connectivity index (χ0v) is 9.79. The van der Waals surface area contributed by atoms with Gasteiger partial charge in [-0.15, -0.1) is 0 Å². The van der Waals surface area contributed by atoms with E-state index in [1.165, 1.54) is 0 Å². The number of carbonyl (C=O) groups is 1. The maximum absolute atomic E-state index is 11.0. The van der Waals surface area contributed by atoms with Crippen LogP contribution in [0.1, 0.15) is 16.2 Å². The number of carbonyl (C=O) groups excluding carboxylic acids is 1. The lowest BCUT2D eigenvalue weighted by atomic mass is 10.2. The fraction of sp³-hybridized carbons (Fsp3) is 0.500. The molecule has 86 valence electrons. The van der Waals surface area contributed by atoms with Gasteiger partial charge in [0.15, 0.2) is 6.29 Å². The van der Waals surface area contributed by atoms with Gasteiger partial charge in [-0.25, -0.2) is 9.97 Å². The van der Waals surface area contributed by atoms with Crippen LogP contribution in [0.15, 0.2) is 0 Å². The van der Waals surface area contributed by atoms with Crippen LogP contribution in [0.5, 0.6) is 0 Å². The van der Waals surface area contributed by atoms with Gasteiger partial charge in [-0.05, 0) is 6.92 Å². The van der Waals surface area contributed by atoms with Crippen molar-refractivity contribution in [3.05, 3.63) is 16.5 Å². The molecule has 1 saturated heterocycles. The predicted molar refractivity (Wildman–Crippen MR) is 62.2 cm³/mol. The number of nitrogens with zero attached hydrogens (tertiary/aromatic N) is 3. The first-order chi connectivity index (χ1) is 7.72. The van der Waals surface area contributed by atoms with Gasteiger partial charge < -0.3 is 10.2 Å². The molecule has 6 heteroatoms. The van der Waals surface area contributed by atoms with Gasteiger partial charge in [0.1, 0.15) is 16.8 Å². The number of anilines is 1. The lowest BCUT2D eigenvalue weighted by Crippen LogP contribution is -2.44. The topological polar surface area (TPSA) is 58.1 Å². The van der Waals surface area contributed by atoms with E-state index in [9.17, 15) is 4.79 Å². The van der Waals surface area contributed by atoms with Crippen LogP contribution in [0, 0.1) is 6.92 Å². The largest absolute Gasteiger partial charge is 0.353 e. The molecule has 16 heavy (non-hydrogen) atoms. The molecule has 0 saturated carbocycles. The summed E-state index contributed by atoms with van der Waals surface area (Å²) in [5.41, 5.74) is 0.383. The zero-order chi connectivity index (χ0) is 11.5. The Hall–Kier alpha value is -1.20. The Morgan fingerprint density at radius 1 is 1.38 bits per heavy atom. The molecule has 0 atom stereocenters. The van der Waals surface area contributed by atoms with Gasteiger partial charge in [0.2, 0.25) is 0 Å². The molecule has 2 heterocycles. The van der Waals surface area contributed by atoms with Crippen LogP contribution in [-0.2, 0) is 0 Å². The molecular formula is C10H13ClN4O. The summed E-state index contributed by atoms with van der Waals surface area (Å²) in [5.74, 6) is 1.23. The molecule has 1 aliphatic rings. The average molecular weight is 241 g/mol. The highest BCUT2D eigenvalue weighted by molar-refractivity contribution is 6.32. The van der Waals surface area contributed by atoms with Gasteiger partial charge in [-0.3, -0.25) is 4.79 Å². The first kappa shape index (κ1) is 11.3. The third-order valence-electron chi connectivity index (χ3n) is 2.53. The van der Waals surface area contributed by atoms with Crippen molar-refractivity contribution >= 4 is 23.7 Å². The molecule has 0 bridgehead atoms. The van der Waals surface area contributed by atoms with E-state index in [1.54, 1.807) is 6.92 Å². The minimum atomic E-state index is 0.232. The molecule has 1 fully saturated rings. The Balaban J connectivity index is 2.40. The van der Waals surface area contributed by atoms with Crippen molar-refractivity contribution in [3.8, 4) is 0 Å². The molecule has 1 aromatic heterocycles. The van der Waals surface area contributed by atoms with E-state index < -0.39 is 0 Å². The van der Waals surface area contributed by atoms with Crippen molar-refractivity contribution in [3.63, 3.8) is 0 Å². The normalized spacial score (nSPS) is 16.2. The van der Waals surface area contributed by atoms with E-state index >= 15 is 0 Å². The highest BCUT2D eigenvalue weighted by Gasteiger charge is 2.18. The molecule has 0 aliphatic carbocycles. The molecule has 0 aromatic carbocycles. The van der Waals surface area contributed by atoms with Crippen molar-refractivity contribution in [2.24, 2.45) is 0 Å². The van der Waals surface area contributed by atoms with Crippen LogP contribution < -0.4 is 10.2 Å². The Morgan fingerprint density at radius 2 is 2.06 bits per heavy atom. The fourth-order valence-electron chi connectivity index (χ4n) is 1.75. The number of rotatable bonds is 2. The summed E-state index contributed by atoms with van der Waals surface area (Å²) in [7, 11) is 0. The highest BCUT2D eigenvalue weighted by Crippen LogP contribution is 2.22. The van der Waals surface area contributed by atoms with Crippen molar-refractivity contribution in [2.75, 3.05) is 31.1 Å². The van der Waals surface area contributed by atoms with Crippen molar-refractivity contribution in [2.45, 2.75) is 6.92 Å². The summed E-state index contributed by atoms with van der Waals surface area (Å²) in [6.45, 7) is 5.20. The first-order valence-electron chi connectivity index (χ1n) is 5.17. The second kappa shape index (κ2) is 4.76. The fourth-order valence-corrected chi connectivity index (χ4v) is 2.00. The summed E-state index contributed by atoms with van der Waals surface area (Å²) < 4.78 is 0. The second-order valence-electron chi connectivity index (χ2n) is 3.65. The van der Waals surface area contributed by atoms with Gasteiger partial charge in [-0.2, -0.15) is 0 Å². The number of aldehydes is 1. The van der Waals surface area contributed by atoms with Crippen LogP contribution >= 0.6 is 11.6 Å². The van der Waals surface area contributed by atoms with Gasteiger partial charge in [0, 0.05) is 26.2 Å². The van der Waals surface area contributed by atoms with Crippen molar-refractivity contribution < 1.29 is 4.79 Å². The molecule has 0 radical (unpaired) electrons. The summed E-state index contributed by atoms with van der Waals surface area (Å²) in [6, 6.07) is 0. The highest BCUT2D eigenvalue weighted by atomic mass is 35.5. The number of aromatic nitrogens is 2. The van der Waals surface area contributed by atoms with E-state index in [-0.39, 0.29) is 5.15 Å². The second-order valence-corrected chi connectivity index (χ2v) is 4.01. The van der Waals surface area contributed by atoms with E-state index in [0.29, 0.717) is 17.2 Å². The van der Waals surface area contributed by atoms with Crippen LogP contribution in [-0.4, -0.2) is 42.4 Å².